The highest BCUT2D eigenvalue weighted by Crippen LogP contribution is 2.54. The van der Waals surface area contributed by atoms with E-state index < -0.39 is 10.0 Å². The van der Waals surface area contributed by atoms with Crippen LogP contribution in [0.3, 0.4) is 0 Å². The van der Waals surface area contributed by atoms with Crippen LogP contribution < -0.4 is 9.46 Å². The number of likely N-dealkylation sites (tertiary alicyclic amines) is 1. The standard InChI is InChI=1S/C19H28N2O4S/c1-3-26(22,23)20-10-16-17-12-21(13-19(17)8-7-18(16)25-19)11-14-5-4-6-15(9-14)24-2/h4-6,9,16-18,20H,3,7-8,10-13H2,1-2H3/t16-,17+,18+,19+/m0/s1. The number of nitrogens with one attached hydrogen (secondary N) is 1. The van der Waals surface area contributed by atoms with Crippen molar-refractivity contribution >= 4 is 10.0 Å². The van der Waals surface area contributed by atoms with Gasteiger partial charge in [0.25, 0.3) is 0 Å². The van der Waals surface area contributed by atoms with E-state index >= 15 is 0 Å². The molecule has 4 atom stereocenters. The SMILES string of the molecule is CCS(=O)(=O)NC[C@H]1[C@H]2CN(Cc3cccc(OC)c3)C[C@]23CC[C@H]1O3. The average Bonchev–Trinajstić information content (AvgIpc) is 3.28. The van der Waals surface area contributed by atoms with Crippen LogP contribution in [0.1, 0.15) is 25.3 Å². The number of methoxy groups -OCH3 is 1. The van der Waals surface area contributed by atoms with E-state index in [1.807, 2.05) is 12.1 Å². The summed E-state index contributed by atoms with van der Waals surface area (Å²) in [6.07, 6.45) is 2.34. The van der Waals surface area contributed by atoms with E-state index in [1.54, 1.807) is 14.0 Å². The summed E-state index contributed by atoms with van der Waals surface area (Å²) in [5, 5.41) is 0. The Morgan fingerprint density at radius 3 is 3.04 bits per heavy atom. The van der Waals surface area contributed by atoms with Gasteiger partial charge in [0.1, 0.15) is 5.75 Å². The van der Waals surface area contributed by atoms with Crippen LogP contribution in [0, 0.1) is 11.8 Å². The van der Waals surface area contributed by atoms with Gasteiger partial charge in [0.05, 0.1) is 24.6 Å². The number of hydrogen-bond acceptors (Lipinski definition) is 5. The van der Waals surface area contributed by atoms with Crippen molar-refractivity contribution in [1.82, 2.24) is 9.62 Å². The maximum absolute atomic E-state index is 11.8. The van der Waals surface area contributed by atoms with Gasteiger partial charge in [-0.3, -0.25) is 4.90 Å². The Morgan fingerprint density at radius 1 is 1.42 bits per heavy atom. The zero-order valence-electron chi connectivity index (χ0n) is 15.5. The van der Waals surface area contributed by atoms with Crippen LogP contribution in [-0.2, 0) is 21.3 Å². The summed E-state index contributed by atoms with van der Waals surface area (Å²) < 4.78 is 38.2. The molecule has 0 aromatic heterocycles. The first-order chi connectivity index (χ1) is 12.4. The van der Waals surface area contributed by atoms with Crippen LogP contribution in [0.5, 0.6) is 5.75 Å². The molecule has 0 saturated carbocycles. The van der Waals surface area contributed by atoms with Gasteiger partial charge in [0.15, 0.2) is 0 Å². The van der Waals surface area contributed by atoms with Crippen molar-refractivity contribution in [2.24, 2.45) is 11.8 Å². The van der Waals surface area contributed by atoms with Gasteiger partial charge in [-0.1, -0.05) is 12.1 Å². The Labute approximate surface area is 155 Å². The molecule has 1 N–H and O–H groups in total. The van der Waals surface area contributed by atoms with E-state index in [9.17, 15) is 8.42 Å². The molecule has 26 heavy (non-hydrogen) atoms. The molecule has 1 aromatic rings. The van der Waals surface area contributed by atoms with Gasteiger partial charge in [0.2, 0.25) is 10.0 Å². The molecule has 3 fully saturated rings. The predicted octanol–water partition coefficient (Wildman–Crippen LogP) is 1.61. The number of ether oxygens (including phenoxy) is 2. The first-order valence-corrected chi connectivity index (χ1v) is 11.1. The fraction of sp³-hybridized carbons (Fsp3) is 0.684. The van der Waals surface area contributed by atoms with Crippen LogP contribution in [0.2, 0.25) is 0 Å². The topological polar surface area (TPSA) is 67.9 Å². The minimum Gasteiger partial charge on any atom is -0.497 e. The van der Waals surface area contributed by atoms with Gasteiger partial charge in [-0.05, 0) is 37.5 Å². The molecule has 1 spiro atoms. The number of hydrogen-bond donors (Lipinski definition) is 1. The Morgan fingerprint density at radius 2 is 2.27 bits per heavy atom. The van der Waals surface area contributed by atoms with Gasteiger partial charge in [0, 0.05) is 38.0 Å². The van der Waals surface area contributed by atoms with Gasteiger partial charge in [-0.25, -0.2) is 13.1 Å². The molecule has 144 valence electrons. The van der Waals surface area contributed by atoms with Crippen molar-refractivity contribution in [3.8, 4) is 5.75 Å². The molecule has 0 aliphatic carbocycles. The molecule has 3 saturated heterocycles. The molecular formula is C19H28N2O4S. The second kappa shape index (κ2) is 6.78. The predicted molar refractivity (Wildman–Crippen MR) is 99.6 cm³/mol. The lowest BCUT2D eigenvalue weighted by Crippen LogP contribution is -2.42. The summed E-state index contributed by atoms with van der Waals surface area (Å²) in [6.45, 7) is 4.94. The lowest BCUT2D eigenvalue weighted by molar-refractivity contribution is 0.00220. The van der Waals surface area contributed by atoms with Crippen molar-refractivity contribution in [2.45, 2.75) is 38.0 Å². The minimum absolute atomic E-state index is 0.0775. The number of nitrogens with zero attached hydrogens (tertiary/aromatic N) is 1. The minimum atomic E-state index is -3.16. The van der Waals surface area contributed by atoms with Crippen LogP contribution >= 0.6 is 0 Å². The summed E-state index contributed by atoms with van der Waals surface area (Å²) in [4.78, 5) is 2.45. The van der Waals surface area contributed by atoms with E-state index in [4.69, 9.17) is 9.47 Å². The molecule has 2 bridgehead atoms. The van der Waals surface area contributed by atoms with Crippen molar-refractivity contribution in [3.05, 3.63) is 29.8 Å². The smallest absolute Gasteiger partial charge is 0.211 e. The fourth-order valence-corrected chi connectivity index (χ4v) is 5.68. The Kier molecular flexibility index (Phi) is 4.75. The molecule has 1 aromatic carbocycles. The molecule has 3 aliphatic heterocycles. The zero-order chi connectivity index (χ0) is 18.4. The van der Waals surface area contributed by atoms with E-state index in [-0.39, 0.29) is 23.4 Å². The highest BCUT2D eigenvalue weighted by atomic mass is 32.2. The zero-order valence-corrected chi connectivity index (χ0v) is 16.3. The molecule has 0 unspecified atom stereocenters. The number of rotatable bonds is 7. The molecule has 3 aliphatic rings. The van der Waals surface area contributed by atoms with Crippen molar-refractivity contribution in [1.29, 1.82) is 0 Å². The largest absolute Gasteiger partial charge is 0.497 e. The molecule has 3 heterocycles. The second-order valence-electron chi connectivity index (χ2n) is 7.80. The van der Waals surface area contributed by atoms with Crippen LogP contribution in [0.15, 0.2) is 24.3 Å². The van der Waals surface area contributed by atoms with E-state index in [1.165, 1.54) is 5.56 Å². The van der Waals surface area contributed by atoms with E-state index in [0.29, 0.717) is 12.5 Å². The lowest BCUT2D eigenvalue weighted by Gasteiger charge is -2.29. The summed E-state index contributed by atoms with van der Waals surface area (Å²) in [5.41, 5.74) is 1.16. The normalized spacial score (nSPS) is 33.5. The maximum Gasteiger partial charge on any atom is 0.211 e. The molecule has 4 rings (SSSR count). The average molecular weight is 381 g/mol. The molecule has 7 heteroatoms. The van der Waals surface area contributed by atoms with Crippen LogP contribution in [0.25, 0.3) is 0 Å². The summed E-state index contributed by atoms with van der Waals surface area (Å²) in [5.74, 6) is 1.69. The highest BCUT2D eigenvalue weighted by molar-refractivity contribution is 7.89. The summed E-state index contributed by atoms with van der Waals surface area (Å²) in [7, 11) is -1.47. The van der Waals surface area contributed by atoms with Gasteiger partial charge in [-0.2, -0.15) is 0 Å². The number of sulfonamides is 1. The Balaban J connectivity index is 1.44. The van der Waals surface area contributed by atoms with Crippen LogP contribution in [-0.4, -0.2) is 57.5 Å². The molecular weight excluding hydrogens is 352 g/mol. The number of benzene rings is 1. The summed E-state index contributed by atoms with van der Waals surface area (Å²) in [6, 6.07) is 8.19. The fourth-order valence-electron chi connectivity index (χ4n) is 5.03. The second-order valence-corrected chi connectivity index (χ2v) is 9.90. The molecule has 0 radical (unpaired) electrons. The highest BCUT2D eigenvalue weighted by Gasteiger charge is 2.62. The monoisotopic (exact) mass is 380 g/mol. The Hall–Kier alpha value is -1.15. The molecule has 6 nitrogen and oxygen atoms in total. The van der Waals surface area contributed by atoms with Gasteiger partial charge >= 0.3 is 0 Å². The third kappa shape index (κ3) is 3.26. The number of fused-ring (bicyclic) bond motifs is 1. The lowest BCUT2D eigenvalue weighted by atomic mass is 9.74. The van der Waals surface area contributed by atoms with Crippen molar-refractivity contribution in [3.63, 3.8) is 0 Å². The van der Waals surface area contributed by atoms with Crippen LogP contribution in [0.4, 0.5) is 0 Å². The quantitative estimate of drug-likeness (QED) is 0.778. The third-order valence-corrected chi connectivity index (χ3v) is 7.68. The van der Waals surface area contributed by atoms with E-state index in [0.717, 1.165) is 38.2 Å². The van der Waals surface area contributed by atoms with Crippen molar-refractivity contribution in [2.75, 3.05) is 32.5 Å². The van der Waals surface area contributed by atoms with Crippen molar-refractivity contribution < 1.29 is 17.9 Å². The van der Waals surface area contributed by atoms with E-state index in [2.05, 4.69) is 21.8 Å². The third-order valence-electron chi connectivity index (χ3n) is 6.31. The van der Waals surface area contributed by atoms with Gasteiger partial charge in [-0.15, -0.1) is 0 Å². The summed E-state index contributed by atoms with van der Waals surface area (Å²) >= 11 is 0. The first-order valence-electron chi connectivity index (χ1n) is 9.45. The Bertz CT molecular complexity index is 769. The first kappa shape index (κ1) is 18.2. The van der Waals surface area contributed by atoms with Gasteiger partial charge < -0.3 is 9.47 Å². The molecule has 0 amide bonds. The maximum atomic E-state index is 11.8.